The number of nitrogens with two attached hydrogens (primary N) is 1. The number of ether oxygens (including phenoxy) is 2. The molecule has 0 heterocycles. The first-order chi connectivity index (χ1) is 10.1. The molecule has 2 N–H and O–H groups in total. The SMILES string of the molecule is CC(CN)OCCOc1ccc(C(C)(C)CC(C)(C)C)cc1. The lowest BCUT2D eigenvalue weighted by Crippen LogP contribution is -2.24. The topological polar surface area (TPSA) is 44.5 Å². The predicted octanol–water partition coefficient (Wildman–Crippen LogP) is 4.14. The summed E-state index contributed by atoms with van der Waals surface area (Å²) >= 11 is 0. The molecule has 1 aromatic rings. The van der Waals surface area contributed by atoms with E-state index in [4.69, 9.17) is 15.2 Å². The average molecular weight is 307 g/mol. The van der Waals surface area contributed by atoms with Crippen LogP contribution in [-0.4, -0.2) is 25.9 Å². The highest BCUT2D eigenvalue weighted by Gasteiger charge is 2.27. The molecule has 0 aliphatic heterocycles. The van der Waals surface area contributed by atoms with Gasteiger partial charge in [0.25, 0.3) is 0 Å². The summed E-state index contributed by atoms with van der Waals surface area (Å²) in [6, 6.07) is 8.44. The van der Waals surface area contributed by atoms with Crippen molar-refractivity contribution in [2.75, 3.05) is 19.8 Å². The van der Waals surface area contributed by atoms with Gasteiger partial charge in [0.05, 0.1) is 12.7 Å². The van der Waals surface area contributed by atoms with E-state index in [0.717, 1.165) is 12.2 Å². The van der Waals surface area contributed by atoms with Crippen molar-refractivity contribution in [1.82, 2.24) is 0 Å². The Balaban J connectivity index is 2.52. The van der Waals surface area contributed by atoms with Crippen LogP contribution in [0.15, 0.2) is 24.3 Å². The van der Waals surface area contributed by atoms with Crippen LogP contribution >= 0.6 is 0 Å². The zero-order chi connectivity index (χ0) is 16.8. The Kier molecular flexibility index (Phi) is 6.89. The van der Waals surface area contributed by atoms with E-state index in [9.17, 15) is 0 Å². The summed E-state index contributed by atoms with van der Waals surface area (Å²) in [7, 11) is 0. The quantitative estimate of drug-likeness (QED) is 0.734. The largest absolute Gasteiger partial charge is 0.491 e. The minimum atomic E-state index is 0.0872. The van der Waals surface area contributed by atoms with E-state index < -0.39 is 0 Å². The van der Waals surface area contributed by atoms with Crippen LogP contribution in [0.5, 0.6) is 5.75 Å². The maximum absolute atomic E-state index is 5.70. The smallest absolute Gasteiger partial charge is 0.119 e. The van der Waals surface area contributed by atoms with Gasteiger partial charge in [-0.1, -0.05) is 46.8 Å². The Hall–Kier alpha value is -1.06. The molecule has 0 aromatic heterocycles. The van der Waals surface area contributed by atoms with Crippen LogP contribution in [0.2, 0.25) is 0 Å². The first-order valence-corrected chi connectivity index (χ1v) is 8.19. The summed E-state index contributed by atoms with van der Waals surface area (Å²) in [5.74, 6) is 0.888. The molecule has 3 heteroatoms. The maximum Gasteiger partial charge on any atom is 0.119 e. The second kappa shape index (κ2) is 7.98. The molecule has 22 heavy (non-hydrogen) atoms. The molecule has 0 saturated carbocycles. The van der Waals surface area contributed by atoms with Gasteiger partial charge in [-0.2, -0.15) is 0 Å². The van der Waals surface area contributed by atoms with Crippen molar-refractivity contribution in [3.8, 4) is 5.75 Å². The standard InChI is InChI=1S/C19H33NO2/c1-15(13-20)21-11-12-22-17-9-7-16(8-10-17)19(5,6)14-18(2,3)4/h7-10,15H,11-14,20H2,1-6H3. The number of benzene rings is 1. The maximum atomic E-state index is 5.70. The monoisotopic (exact) mass is 307 g/mol. The molecule has 1 rings (SSSR count). The van der Waals surface area contributed by atoms with Crippen molar-refractivity contribution in [3.63, 3.8) is 0 Å². The van der Waals surface area contributed by atoms with Crippen molar-refractivity contribution < 1.29 is 9.47 Å². The van der Waals surface area contributed by atoms with E-state index in [1.807, 2.05) is 19.1 Å². The van der Waals surface area contributed by atoms with Gasteiger partial charge in [-0.05, 0) is 41.9 Å². The summed E-state index contributed by atoms with van der Waals surface area (Å²) in [5, 5.41) is 0. The molecular formula is C19H33NO2. The summed E-state index contributed by atoms with van der Waals surface area (Å²) in [4.78, 5) is 0. The molecule has 0 aliphatic carbocycles. The molecule has 0 aliphatic rings. The highest BCUT2D eigenvalue weighted by molar-refractivity contribution is 5.31. The molecule has 0 saturated heterocycles. The van der Waals surface area contributed by atoms with Crippen LogP contribution in [0.25, 0.3) is 0 Å². The summed E-state index contributed by atoms with van der Waals surface area (Å²) in [6.45, 7) is 15.1. The summed E-state index contributed by atoms with van der Waals surface area (Å²) < 4.78 is 11.2. The second-order valence-corrected chi connectivity index (χ2v) is 7.91. The van der Waals surface area contributed by atoms with Crippen molar-refractivity contribution >= 4 is 0 Å². The van der Waals surface area contributed by atoms with Crippen LogP contribution in [0.4, 0.5) is 0 Å². The summed E-state index contributed by atoms with van der Waals surface area (Å²) in [5.41, 5.74) is 7.33. The van der Waals surface area contributed by atoms with Crippen LogP contribution in [-0.2, 0) is 10.2 Å². The minimum Gasteiger partial charge on any atom is -0.491 e. The van der Waals surface area contributed by atoms with E-state index >= 15 is 0 Å². The molecular weight excluding hydrogens is 274 g/mol. The Morgan fingerprint density at radius 2 is 1.59 bits per heavy atom. The van der Waals surface area contributed by atoms with E-state index in [0.29, 0.717) is 25.2 Å². The molecule has 3 nitrogen and oxygen atoms in total. The van der Waals surface area contributed by atoms with Crippen molar-refractivity contribution in [2.45, 2.75) is 59.5 Å². The van der Waals surface area contributed by atoms with Crippen molar-refractivity contribution in [1.29, 1.82) is 0 Å². The molecule has 0 amide bonds. The van der Waals surface area contributed by atoms with Crippen LogP contribution in [0.1, 0.15) is 53.5 Å². The van der Waals surface area contributed by atoms with Gasteiger partial charge in [0, 0.05) is 6.54 Å². The lowest BCUT2D eigenvalue weighted by atomic mass is 9.72. The first-order valence-electron chi connectivity index (χ1n) is 8.19. The highest BCUT2D eigenvalue weighted by atomic mass is 16.5. The highest BCUT2D eigenvalue weighted by Crippen LogP contribution is 2.36. The van der Waals surface area contributed by atoms with E-state index in [2.05, 4.69) is 46.8 Å². The second-order valence-electron chi connectivity index (χ2n) is 7.91. The zero-order valence-electron chi connectivity index (χ0n) is 15.1. The third kappa shape index (κ3) is 6.80. The molecule has 1 atom stereocenters. The minimum absolute atomic E-state index is 0.0872. The Labute approximate surface area is 136 Å². The lowest BCUT2D eigenvalue weighted by Gasteiger charge is -2.33. The number of rotatable bonds is 8. The van der Waals surface area contributed by atoms with Gasteiger partial charge in [0.1, 0.15) is 12.4 Å². The van der Waals surface area contributed by atoms with Crippen LogP contribution in [0, 0.1) is 5.41 Å². The molecule has 0 spiro atoms. The third-order valence-corrected chi connectivity index (χ3v) is 3.69. The fourth-order valence-corrected chi connectivity index (χ4v) is 2.91. The molecule has 0 bridgehead atoms. The van der Waals surface area contributed by atoms with E-state index in [-0.39, 0.29) is 11.5 Å². The first kappa shape index (κ1) is 19.0. The van der Waals surface area contributed by atoms with Crippen LogP contribution in [0.3, 0.4) is 0 Å². The predicted molar refractivity (Wildman–Crippen MR) is 93.5 cm³/mol. The van der Waals surface area contributed by atoms with Crippen molar-refractivity contribution in [3.05, 3.63) is 29.8 Å². The molecule has 0 fully saturated rings. The number of hydrogen-bond donors (Lipinski definition) is 1. The zero-order valence-corrected chi connectivity index (χ0v) is 15.1. The van der Waals surface area contributed by atoms with Gasteiger partial charge in [0.15, 0.2) is 0 Å². The number of hydrogen-bond acceptors (Lipinski definition) is 3. The van der Waals surface area contributed by atoms with Gasteiger partial charge in [-0.15, -0.1) is 0 Å². The average Bonchev–Trinajstić information content (AvgIpc) is 2.41. The Morgan fingerprint density at radius 3 is 2.09 bits per heavy atom. The Bertz CT molecular complexity index is 432. The third-order valence-electron chi connectivity index (χ3n) is 3.69. The molecule has 1 aromatic carbocycles. The van der Waals surface area contributed by atoms with Gasteiger partial charge < -0.3 is 15.2 Å². The fraction of sp³-hybridized carbons (Fsp3) is 0.684. The Morgan fingerprint density at radius 1 is 1.00 bits per heavy atom. The van der Waals surface area contributed by atoms with Crippen molar-refractivity contribution in [2.24, 2.45) is 11.1 Å². The normalized spacial score (nSPS) is 14.0. The van der Waals surface area contributed by atoms with Gasteiger partial charge in [-0.25, -0.2) is 0 Å². The van der Waals surface area contributed by atoms with Gasteiger partial charge >= 0.3 is 0 Å². The molecule has 1 unspecified atom stereocenters. The molecule has 0 radical (unpaired) electrons. The van der Waals surface area contributed by atoms with Gasteiger partial charge in [-0.3, -0.25) is 0 Å². The summed E-state index contributed by atoms with van der Waals surface area (Å²) in [6.07, 6.45) is 1.23. The van der Waals surface area contributed by atoms with Gasteiger partial charge in [0.2, 0.25) is 0 Å². The van der Waals surface area contributed by atoms with E-state index in [1.54, 1.807) is 0 Å². The molecule has 126 valence electrons. The fourth-order valence-electron chi connectivity index (χ4n) is 2.91. The van der Waals surface area contributed by atoms with E-state index in [1.165, 1.54) is 5.56 Å². The lowest BCUT2D eigenvalue weighted by molar-refractivity contribution is 0.0496. The van der Waals surface area contributed by atoms with Crippen LogP contribution < -0.4 is 10.5 Å².